The molecule has 1 aromatic heterocycles. The van der Waals surface area contributed by atoms with E-state index in [9.17, 15) is 9.59 Å². The molecule has 1 saturated heterocycles. The number of nitrogens with zero attached hydrogens (tertiary/aromatic N) is 3. The van der Waals surface area contributed by atoms with Gasteiger partial charge in [0.25, 0.3) is 5.91 Å². The van der Waals surface area contributed by atoms with E-state index in [4.69, 9.17) is 11.6 Å². The van der Waals surface area contributed by atoms with E-state index in [1.54, 1.807) is 22.8 Å². The van der Waals surface area contributed by atoms with Crippen LogP contribution in [0.2, 0.25) is 5.02 Å². The second-order valence-corrected chi connectivity index (χ2v) is 5.36. The second-order valence-electron chi connectivity index (χ2n) is 4.96. The van der Waals surface area contributed by atoms with Gasteiger partial charge in [-0.25, -0.2) is 0 Å². The van der Waals surface area contributed by atoms with Gasteiger partial charge in [0.15, 0.2) is 0 Å². The Hall–Kier alpha value is -1.62. The number of halogens is 1. The molecule has 1 aromatic rings. The van der Waals surface area contributed by atoms with Gasteiger partial charge in [-0.15, -0.1) is 0 Å². The van der Waals surface area contributed by atoms with Crippen LogP contribution in [0.5, 0.6) is 0 Å². The Balaban J connectivity index is 2.11. The zero-order valence-corrected chi connectivity index (χ0v) is 12.5. The second kappa shape index (κ2) is 6.22. The lowest BCUT2D eigenvalue weighted by Crippen LogP contribution is -2.36. The summed E-state index contributed by atoms with van der Waals surface area (Å²) in [6.07, 6.45) is 2.30. The minimum atomic E-state index is -0.118. The maximum Gasteiger partial charge on any atom is 0.257 e. The lowest BCUT2D eigenvalue weighted by Gasteiger charge is -2.21. The summed E-state index contributed by atoms with van der Waals surface area (Å²) in [4.78, 5) is 31.5. The fourth-order valence-electron chi connectivity index (χ4n) is 2.29. The van der Waals surface area contributed by atoms with Gasteiger partial charge in [0.1, 0.15) is 0 Å². The van der Waals surface area contributed by atoms with Crippen molar-refractivity contribution in [3.8, 4) is 0 Å². The molecule has 0 unspecified atom stereocenters. The molecule has 108 valence electrons. The molecule has 1 aliphatic heterocycles. The number of carbonyl (C=O) groups excluding carboxylic acids is 2. The van der Waals surface area contributed by atoms with Crippen LogP contribution in [0.15, 0.2) is 12.3 Å². The maximum atomic E-state index is 12.5. The zero-order valence-electron chi connectivity index (χ0n) is 11.7. The first-order chi connectivity index (χ1) is 9.49. The van der Waals surface area contributed by atoms with Crippen molar-refractivity contribution in [2.75, 3.05) is 26.2 Å². The first-order valence-electron chi connectivity index (χ1n) is 6.66. The molecule has 5 nitrogen and oxygen atoms in total. The normalized spacial score (nSPS) is 15.9. The highest BCUT2D eigenvalue weighted by Gasteiger charge is 2.23. The lowest BCUT2D eigenvalue weighted by atomic mass is 10.2. The summed E-state index contributed by atoms with van der Waals surface area (Å²) in [5, 5.41) is 0.426. The van der Waals surface area contributed by atoms with Crippen LogP contribution >= 0.6 is 11.6 Å². The van der Waals surface area contributed by atoms with Gasteiger partial charge >= 0.3 is 0 Å². The fourth-order valence-corrected chi connectivity index (χ4v) is 2.58. The van der Waals surface area contributed by atoms with Gasteiger partial charge < -0.3 is 9.80 Å². The highest BCUT2D eigenvalue weighted by molar-refractivity contribution is 6.33. The average Bonchev–Trinajstić information content (AvgIpc) is 2.63. The van der Waals surface area contributed by atoms with Crippen molar-refractivity contribution < 1.29 is 9.59 Å². The van der Waals surface area contributed by atoms with E-state index in [1.165, 1.54) is 6.20 Å². The molecular weight excluding hydrogens is 278 g/mol. The summed E-state index contributed by atoms with van der Waals surface area (Å²) in [7, 11) is 0. The third-order valence-corrected chi connectivity index (χ3v) is 3.76. The molecule has 0 saturated carbocycles. The number of hydrogen-bond donors (Lipinski definition) is 0. The summed E-state index contributed by atoms with van der Waals surface area (Å²) in [6, 6.07) is 1.69. The molecule has 0 aliphatic carbocycles. The highest BCUT2D eigenvalue weighted by atomic mass is 35.5. The lowest BCUT2D eigenvalue weighted by molar-refractivity contribution is -0.128. The van der Waals surface area contributed by atoms with Crippen molar-refractivity contribution in [2.45, 2.75) is 20.3 Å². The Bertz CT molecular complexity index is 533. The van der Waals surface area contributed by atoms with Crippen LogP contribution < -0.4 is 0 Å². The molecule has 0 aromatic carbocycles. The Labute approximate surface area is 123 Å². The molecule has 2 amide bonds. The highest BCUT2D eigenvalue weighted by Crippen LogP contribution is 2.18. The molecule has 2 rings (SSSR count). The number of amides is 2. The van der Waals surface area contributed by atoms with E-state index >= 15 is 0 Å². The van der Waals surface area contributed by atoms with E-state index in [0.29, 0.717) is 36.8 Å². The molecule has 20 heavy (non-hydrogen) atoms. The van der Waals surface area contributed by atoms with E-state index in [-0.39, 0.29) is 11.8 Å². The number of aromatic nitrogens is 1. The van der Waals surface area contributed by atoms with Crippen molar-refractivity contribution in [3.05, 3.63) is 28.5 Å². The van der Waals surface area contributed by atoms with Crippen molar-refractivity contribution in [1.29, 1.82) is 0 Å². The van der Waals surface area contributed by atoms with Crippen LogP contribution in [0.1, 0.15) is 29.4 Å². The van der Waals surface area contributed by atoms with Crippen LogP contribution in [0.25, 0.3) is 0 Å². The molecule has 0 N–H and O–H groups in total. The number of pyridine rings is 1. The van der Waals surface area contributed by atoms with Gasteiger partial charge in [-0.1, -0.05) is 11.6 Å². The smallest absolute Gasteiger partial charge is 0.257 e. The molecule has 1 aliphatic rings. The Morgan fingerprint density at radius 3 is 2.50 bits per heavy atom. The first-order valence-corrected chi connectivity index (χ1v) is 7.04. The van der Waals surface area contributed by atoms with E-state index in [1.807, 2.05) is 6.92 Å². The first kappa shape index (κ1) is 14.8. The van der Waals surface area contributed by atoms with Gasteiger partial charge in [-0.3, -0.25) is 14.6 Å². The topological polar surface area (TPSA) is 53.5 Å². The van der Waals surface area contributed by atoms with Crippen molar-refractivity contribution >= 4 is 23.4 Å². The molecule has 0 bridgehead atoms. The number of carbonyl (C=O) groups is 2. The average molecular weight is 296 g/mol. The minimum absolute atomic E-state index is 0.0503. The largest absolute Gasteiger partial charge is 0.341 e. The molecular formula is C14H18ClN3O2. The standard InChI is InChI=1S/C14H18ClN3O2/c1-10-8-13(15)12(9-16-10)14(20)18-5-3-4-17(6-7-18)11(2)19/h8-9H,3-7H2,1-2H3. The van der Waals surface area contributed by atoms with Gasteiger partial charge in [0.2, 0.25) is 5.91 Å². The monoisotopic (exact) mass is 295 g/mol. The summed E-state index contributed by atoms with van der Waals surface area (Å²) in [5.74, 6) is -0.0674. The van der Waals surface area contributed by atoms with Gasteiger partial charge in [-0.2, -0.15) is 0 Å². The Kier molecular flexibility index (Phi) is 4.60. The van der Waals surface area contributed by atoms with Crippen LogP contribution in [0.4, 0.5) is 0 Å². The number of rotatable bonds is 1. The molecule has 1 fully saturated rings. The van der Waals surface area contributed by atoms with E-state index in [0.717, 1.165) is 12.1 Å². The molecule has 6 heteroatoms. The number of aryl methyl sites for hydroxylation is 1. The third kappa shape index (κ3) is 3.28. The van der Waals surface area contributed by atoms with Crippen LogP contribution in [0, 0.1) is 6.92 Å². The molecule has 0 spiro atoms. The van der Waals surface area contributed by atoms with Gasteiger partial charge in [0.05, 0.1) is 10.6 Å². The zero-order chi connectivity index (χ0) is 14.7. The Morgan fingerprint density at radius 2 is 1.85 bits per heavy atom. The minimum Gasteiger partial charge on any atom is -0.341 e. The van der Waals surface area contributed by atoms with Crippen molar-refractivity contribution in [2.24, 2.45) is 0 Å². The quantitative estimate of drug-likeness (QED) is 0.793. The molecule has 0 radical (unpaired) electrons. The van der Waals surface area contributed by atoms with Gasteiger partial charge in [0, 0.05) is 45.0 Å². The van der Waals surface area contributed by atoms with Crippen LogP contribution in [-0.4, -0.2) is 52.8 Å². The van der Waals surface area contributed by atoms with Crippen molar-refractivity contribution in [3.63, 3.8) is 0 Å². The predicted molar refractivity (Wildman–Crippen MR) is 76.8 cm³/mol. The van der Waals surface area contributed by atoms with E-state index < -0.39 is 0 Å². The summed E-state index contributed by atoms with van der Waals surface area (Å²) in [6.45, 7) is 5.81. The third-order valence-electron chi connectivity index (χ3n) is 3.45. The van der Waals surface area contributed by atoms with Crippen LogP contribution in [0.3, 0.4) is 0 Å². The fraction of sp³-hybridized carbons (Fsp3) is 0.500. The maximum absolute atomic E-state index is 12.5. The number of hydrogen-bond acceptors (Lipinski definition) is 3. The van der Waals surface area contributed by atoms with Gasteiger partial charge in [-0.05, 0) is 19.4 Å². The summed E-state index contributed by atoms with van der Waals surface area (Å²) >= 11 is 6.11. The molecule has 2 heterocycles. The summed E-state index contributed by atoms with van der Waals surface area (Å²) in [5.41, 5.74) is 1.21. The van der Waals surface area contributed by atoms with Crippen molar-refractivity contribution in [1.82, 2.24) is 14.8 Å². The Morgan fingerprint density at radius 1 is 1.20 bits per heavy atom. The van der Waals surface area contributed by atoms with Crippen LogP contribution in [-0.2, 0) is 4.79 Å². The predicted octanol–water partition coefficient (Wildman–Crippen LogP) is 1.74. The van der Waals surface area contributed by atoms with E-state index in [2.05, 4.69) is 4.98 Å². The molecule has 0 atom stereocenters. The summed E-state index contributed by atoms with van der Waals surface area (Å²) < 4.78 is 0. The SMILES string of the molecule is CC(=O)N1CCCN(C(=O)c2cnc(C)cc2Cl)CC1.